The summed E-state index contributed by atoms with van der Waals surface area (Å²) in [7, 11) is 1.65. The largest absolute Gasteiger partial charge is 0.416 e. The van der Waals surface area contributed by atoms with Gasteiger partial charge in [0.2, 0.25) is 5.92 Å². The van der Waals surface area contributed by atoms with Gasteiger partial charge in [0.05, 0.1) is 5.56 Å². The Balaban J connectivity index is 2.18. The van der Waals surface area contributed by atoms with Gasteiger partial charge in [-0.1, -0.05) is 12.1 Å². The highest BCUT2D eigenvalue weighted by Crippen LogP contribution is 2.42. The second-order valence-electron chi connectivity index (χ2n) is 5.58. The first-order valence-electron chi connectivity index (χ1n) is 6.95. The van der Waals surface area contributed by atoms with Crippen LogP contribution in [0.1, 0.15) is 42.9 Å². The fourth-order valence-corrected chi connectivity index (χ4v) is 2.98. The summed E-state index contributed by atoms with van der Waals surface area (Å²) in [5.41, 5.74) is -0.205. The van der Waals surface area contributed by atoms with Crippen molar-refractivity contribution in [1.29, 1.82) is 0 Å². The number of alkyl halides is 5. The average Bonchev–Trinajstić information content (AvgIpc) is 2.41. The van der Waals surface area contributed by atoms with E-state index >= 15 is 0 Å². The van der Waals surface area contributed by atoms with Gasteiger partial charge in [-0.05, 0) is 43.5 Å². The summed E-state index contributed by atoms with van der Waals surface area (Å²) in [5, 5.41) is 2.98. The number of halogens is 5. The molecule has 0 radical (unpaired) electrons. The van der Waals surface area contributed by atoms with Crippen LogP contribution in [-0.2, 0) is 6.18 Å². The van der Waals surface area contributed by atoms with Crippen molar-refractivity contribution in [3.05, 3.63) is 35.4 Å². The number of nitrogens with one attached hydrogen (secondary N) is 1. The highest BCUT2D eigenvalue weighted by molar-refractivity contribution is 5.28. The predicted octanol–water partition coefficient (Wildman–Crippen LogP) is 4.79. The van der Waals surface area contributed by atoms with Gasteiger partial charge in [-0.3, -0.25) is 0 Å². The van der Waals surface area contributed by atoms with Gasteiger partial charge in [0.25, 0.3) is 0 Å². The lowest BCUT2D eigenvalue weighted by molar-refractivity contribution is -0.137. The molecule has 1 unspecified atom stereocenters. The molecule has 1 aliphatic carbocycles. The predicted molar refractivity (Wildman–Crippen MR) is 70.1 cm³/mol. The lowest BCUT2D eigenvalue weighted by Crippen LogP contribution is -2.32. The smallest absolute Gasteiger partial charge is 0.313 e. The van der Waals surface area contributed by atoms with Crippen molar-refractivity contribution >= 4 is 0 Å². The molecule has 0 bridgehead atoms. The minimum absolute atomic E-state index is 0.0712. The van der Waals surface area contributed by atoms with Crippen LogP contribution in [0.5, 0.6) is 0 Å². The molecule has 6 heteroatoms. The quantitative estimate of drug-likeness (QED) is 0.792. The minimum Gasteiger partial charge on any atom is -0.313 e. The Morgan fingerprint density at radius 3 is 2.33 bits per heavy atom. The van der Waals surface area contributed by atoms with Gasteiger partial charge in [-0.25, -0.2) is 8.78 Å². The van der Waals surface area contributed by atoms with Gasteiger partial charge in [-0.15, -0.1) is 0 Å². The van der Waals surface area contributed by atoms with Crippen molar-refractivity contribution in [1.82, 2.24) is 5.32 Å². The zero-order valence-electron chi connectivity index (χ0n) is 11.7. The van der Waals surface area contributed by atoms with E-state index in [9.17, 15) is 22.0 Å². The summed E-state index contributed by atoms with van der Waals surface area (Å²) in [4.78, 5) is 0. The fraction of sp³-hybridized carbons (Fsp3) is 0.600. The van der Waals surface area contributed by atoms with Crippen LogP contribution < -0.4 is 5.32 Å². The third kappa shape index (κ3) is 3.93. The van der Waals surface area contributed by atoms with E-state index in [-0.39, 0.29) is 24.8 Å². The third-order valence-electron chi connectivity index (χ3n) is 4.12. The topological polar surface area (TPSA) is 12.0 Å². The Bertz CT molecular complexity index is 473. The first-order chi connectivity index (χ1) is 9.73. The molecule has 0 aliphatic heterocycles. The molecule has 0 amide bonds. The van der Waals surface area contributed by atoms with E-state index in [1.165, 1.54) is 6.07 Å². The van der Waals surface area contributed by atoms with Crippen LogP contribution in [0, 0.1) is 5.92 Å². The molecule has 1 saturated carbocycles. The molecule has 1 aromatic carbocycles. The van der Waals surface area contributed by atoms with E-state index in [0.717, 1.165) is 12.1 Å². The van der Waals surface area contributed by atoms with E-state index < -0.39 is 17.7 Å². The first kappa shape index (κ1) is 16.2. The number of benzene rings is 1. The first-order valence-corrected chi connectivity index (χ1v) is 6.95. The maximum Gasteiger partial charge on any atom is 0.416 e. The van der Waals surface area contributed by atoms with Crippen LogP contribution >= 0.6 is 0 Å². The standard InChI is InChI=1S/C15H18F5N/c1-21-13(10-5-7-14(16,17)8-6-10)11-3-2-4-12(9-11)15(18,19)20/h2-4,9-10,13,21H,5-8H2,1H3. The maximum absolute atomic E-state index is 13.2. The molecule has 1 N–H and O–H groups in total. The summed E-state index contributed by atoms with van der Waals surface area (Å²) in [5.74, 6) is -2.71. The minimum atomic E-state index is -4.39. The van der Waals surface area contributed by atoms with E-state index in [2.05, 4.69) is 5.32 Å². The van der Waals surface area contributed by atoms with Crippen molar-refractivity contribution in [3.8, 4) is 0 Å². The van der Waals surface area contributed by atoms with Gasteiger partial charge in [-0.2, -0.15) is 13.2 Å². The molecular weight excluding hydrogens is 289 g/mol. The molecular formula is C15H18F5N. The van der Waals surface area contributed by atoms with Gasteiger partial charge < -0.3 is 5.32 Å². The molecule has 118 valence electrons. The molecule has 1 fully saturated rings. The lowest BCUT2D eigenvalue weighted by atomic mass is 9.79. The second kappa shape index (κ2) is 5.91. The summed E-state index contributed by atoms with van der Waals surface area (Å²) in [6.07, 6.45) is -4.17. The van der Waals surface area contributed by atoms with Crippen LogP contribution in [0.4, 0.5) is 22.0 Å². The lowest BCUT2D eigenvalue weighted by Gasteiger charge is -2.34. The molecule has 0 saturated heterocycles. The van der Waals surface area contributed by atoms with Gasteiger partial charge in [0.1, 0.15) is 0 Å². The number of rotatable bonds is 3. The van der Waals surface area contributed by atoms with Crippen LogP contribution in [-0.4, -0.2) is 13.0 Å². The van der Waals surface area contributed by atoms with Gasteiger partial charge in [0, 0.05) is 18.9 Å². The fourth-order valence-electron chi connectivity index (χ4n) is 2.98. The van der Waals surface area contributed by atoms with E-state index in [4.69, 9.17) is 0 Å². The highest BCUT2D eigenvalue weighted by Gasteiger charge is 2.38. The van der Waals surface area contributed by atoms with Crippen LogP contribution in [0.15, 0.2) is 24.3 Å². The Kier molecular flexibility index (Phi) is 4.56. The van der Waals surface area contributed by atoms with Gasteiger partial charge in [0.15, 0.2) is 0 Å². The van der Waals surface area contributed by atoms with Crippen molar-refractivity contribution in [2.45, 2.75) is 43.8 Å². The van der Waals surface area contributed by atoms with E-state index in [1.54, 1.807) is 13.1 Å². The molecule has 0 heterocycles. The van der Waals surface area contributed by atoms with Crippen molar-refractivity contribution in [2.75, 3.05) is 7.05 Å². The Labute approximate surface area is 120 Å². The monoisotopic (exact) mass is 307 g/mol. The summed E-state index contributed by atoms with van der Waals surface area (Å²) < 4.78 is 64.7. The molecule has 2 rings (SSSR count). The molecule has 1 atom stereocenters. The summed E-state index contributed by atoms with van der Waals surface area (Å²) >= 11 is 0. The maximum atomic E-state index is 13.2. The van der Waals surface area contributed by atoms with Crippen LogP contribution in [0.2, 0.25) is 0 Å². The van der Waals surface area contributed by atoms with Crippen LogP contribution in [0.3, 0.4) is 0 Å². The summed E-state index contributed by atoms with van der Waals surface area (Å²) in [6.45, 7) is 0. The molecule has 1 aromatic rings. The number of hydrogen-bond acceptors (Lipinski definition) is 1. The average molecular weight is 307 g/mol. The third-order valence-corrected chi connectivity index (χ3v) is 4.12. The van der Waals surface area contributed by atoms with Crippen molar-refractivity contribution < 1.29 is 22.0 Å². The molecule has 1 aliphatic rings. The number of hydrogen-bond donors (Lipinski definition) is 1. The Morgan fingerprint density at radius 1 is 1.19 bits per heavy atom. The SMILES string of the molecule is CNC(c1cccc(C(F)(F)F)c1)C1CCC(F)(F)CC1. The zero-order chi connectivity index (χ0) is 15.7. The second-order valence-corrected chi connectivity index (χ2v) is 5.58. The molecule has 1 nitrogen and oxygen atoms in total. The molecule has 0 spiro atoms. The highest BCUT2D eigenvalue weighted by atomic mass is 19.4. The van der Waals surface area contributed by atoms with Gasteiger partial charge >= 0.3 is 6.18 Å². The van der Waals surface area contributed by atoms with Crippen LogP contribution in [0.25, 0.3) is 0 Å². The zero-order valence-corrected chi connectivity index (χ0v) is 11.7. The summed E-state index contributed by atoms with van der Waals surface area (Å²) in [6, 6.07) is 4.77. The normalized spacial score (nSPS) is 21.2. The van der Waals surface area contributed by atoms with E-state index in [0.29, 0.717) is 18.4 Å². The van der Waals surface area contributed by atoms with E-state index in [1.807, 2.05) is 0 Å². The van der Waals surface area contributed by atoms with Crippen molar-refractivity contribution in [3.63, 3.8) is 0 Å². The molecule has 0 aromatic heterocycles. The Morgan fingerprint density at radius 2 is 1.81 bits per heavy atom. The molecule has 21 heavy (non-hydrogen) atoms. The Hall–Kier alpha value is -1.17. The van der Waals surface area contributed by atoms with Crippen molar-refractivity contribution in [2.24, 2.45) is 5.92 Å².